The van der Waals surface area contributed by atoms with Gasteiger partial charge in [-0.15, -0.1) is 0 Å². The molecule has 30 heavy (non-hydrogen) atoms. The first-order chi connectivity index (χ1) is 13.9. The molecule has 0 saturated carbocycles. The van der Waals surface area contributed by atoms with Crippen LogP contribution in [0.25, 0.3) is 11.8 Å². The molecule has 0 saturated heterocycles. The molecular weight excluding hydrogens is 448 g/mol. The lowest BCUT2D eigenvalue weighted by Crippen LogP contribution is -2.40. The van der Waals surface area contributed by atoms with E-state index >= 15 is 0 Å². The number of benzene rings is 1. The zero-order chi connectivity index (χ0) is 22.7. The van der Waals surface area contributed by atoms with Gasteiger partial charge >= 0.3 is 19.5 Å². The maximum absolute atomic E-state index is 13.0. The van der Waals surface area contributed by atoms with Crippen LogP contribution in [0.15, 0.2) is 39.7 Å². The Morgan fingerprint density at radius 2 is 1.73 bits per heavy atom. The van der Waals surface area contributed by atoms with Gasteiger partial charge in [-0.25, -0.2) is 9.36 Å². The highest BCUT2D eigenvalue weighted by Gasteiger charge is 2.35. The van der Waals surface area contributed by atoms with Crippen molar-refractivity contribution < 1.29 is 26.8 Å². The molecule has 7 nitrogen and oxygen atoms in total. The van der Waals surface area contributed by atoms with E-state index in [2.05, 4.69) is 0 Å². The summed E-state index contributed by atoms with van der Waals surface area (Å²) in [7, 11) is -2.63. The van der Waals surface area contributed by atoms with E-state index in [0.29, 0.717) is 15.2 Å². The number of aromatic nitrogens is 2. The third-order valence-electron chi connectivity index (χ3n) is 3.90. The van der Waals surface area contributed by atoms with Gasteiger partial charge in [0.15, 0.2) is 0 Å². The standard InChI is InChI=1S/C18H19ClF3N2O5P/c1-4-28-30(27,29-5-2)9-8-12-10-13(6-7-14(12)19)24-16(25)11-15(18(20,21)22)23(3)17(24)26/h6-11H,4-5H2,1-3H3. The third kappa shape index (κ3) is 5.31. The normalized spacial score (nSPS) is 12.6. The molecule has 0 spiro atoms. The van der Waals surface area contributed by atoms with Crippen molar-refractivity contribution in [3.63, 3.8) is 0 Å². The number of halogens is 4. The van der Waals surface area contributed by atoms with E-state index in [-0.39, 0.29) is 29.5 Å². The third-order valence-corrected chi connectivity index (χ3v) is 6.00. The Morgan fingerprint density at radius 1 is 1.13 bits per heavy atom. The Hall–Kier alpha value is -2.13. The minimum atomic E-state index is -4.86. The quantitative estimate of drug-likeness (QED) is 0.563. The average molecular weight is 467 g/mol. The molecule has 0 N–H and O–H groups in total. The van der Waals surface area contributed by atoms with Crippen LogP contribution in [0.5, 0.6) is 0 Å². The Balaban J connectivity index is 2.59. The summed E-state index contributed by atoms with van der Waals surface area (Å²) in [6, 6.07) is 4.30. The Kier molecular flexibility index (Phi) is 7.52. The van der Waals surface area contributed by atoms with Gasteiger partial charge in [0.05, 0.1) is 18.9 Å². The molecule has 0 unspecified atom stereocenters. The smallest absolute Gasteiger partial charge is 0.306 e. The van der Waals surface area contributed by atoms with E-state index < -0.39 is 30.7 Å². The number of alkyl halides is 3. The van der Waals surface area contributed by atoms with Crippen molar-refractivity contribution >= 4 is 25.3 Å². The van der Waals surface area contributed by atoms with Gasteiger partial charge in [-0.2, -0.15) is 13.2 Å². The predicted molar refractivity (Wildman–Crippen MR) is 107 cm³/mol. The fourth-order valence-electron chi connectivity index (χ4n) is 2.59. The number of nitrogens with zero attached hydrogens (tertiary/aromatic N) is 2. The van der Waals surface area contributed by atoms with Crippen molar-refractivity contribution in [3.05, 3.63) is 67.2 Å². The zero-order valence-electron chi connectivity index (χ0n) is 16.3. The number of rotatable bonds is 7. The van der Waals surface area contributed by atoms with Gasteiger partial charge < -0.3 is 9.05 Å². The molecule has 1 aromatic carbocycles. The summed E-state index contributed by atoms with van der Waals surface area (Å²) in [6.45, 7) is 3.54. The van der Waals surface area contributed by atoms with Crippen molar-refractivity contribution in [2.24, 2.45) is 7.05 Å². The van der Waals surface area contributed by atoms with Crippen molar-refractivity contribution in [2.45, 2.75) is 20.0 Å². The summed E-state index contributed by atoms with van der Waals surface area (Å²) in [5.41, 5.74) is -3.46. The second-order valence-corrected chi connectivity index (χ2v) is 8.24. The number of hydrogen-bond donors (Lipinski definition) is 0. The Bertz CT molecular complexity index is 1110. The van der Waals surface area contributed by atoms with E-state index in [9.17, 15) is 27.3 Å². The molecule has 164 valence electrons. The van der Waals surface area contributed by atoms with Crippen molar-refractivity contribution in [1.82, 2.24) is 9.13 Å². The van der Waals surface area contributed by atoms with Crippen LogP contribution in [0, 0.1) is 0 Å². The fraction of sp³-hybridized carbons (Fsp3) is 0.333. The summed E-state index contributed by atoms with van der Waals surface area (Å²) < 4.78 is 62.8. The van der Waals surface area contributed by atoms with E-state index in [1.165, 1.54) is 30.1 Å². The van der Waals surface area contributed by atoms with Crippen LogP contribution in [0.1, 0.15) is 25.1 Å². The molecule has 1 heterocycles. The van der Waals surface area contributed by atoms with Crippen LogP contribution in [0.2, 0.25) is 5.02 Å². The predicted octanol–water partition coefficient (Wildman–Crippen LogP) is 4.45. The molecule has 0 amide bonds. The molecule has 0 radical (unpaired) electrons. The van der Waals surface area contributed by atoms with Crippen LogP contribution in [0.3, 0.4) is 0 Å². The van der Waals surface area contributed by atoms with Gasteiger partial charge in [-0.1, -0.05) is 11.6 Å². The van der Waals surface area contributed by atoms with Crippen LogP contribution in [-0.4, -0.2) is 22.3 Å². The topological polar surface area (TPSA) is 79.5 Å². The Morgan fingerprint density at radius 3 is 2.27 bits per heavy atom. The summed E-state index contributed by atoms with van der Waals surface area (Å²) >= 11 is 6.12. The molecule has 0 aliphatic heterocycles. The van der Waals surface area contributed by atoms with Crippen molar-refractivity contribution in [3.8, 4) is 5.69 Å². The second-order valence-electron chi connectivity index (χ2n) is 5.94. The average Bonchev–Trinajstić information content (AvgIpc) is 2.64. The molecule has 0 atom stereocenters. The largest absolute Gasteiger partial charge is 0.431 e. The zero-order valence-corrected chi connectivity index (χ0v) is 17.9. The fourth-order valence-corrected chi connectivity index (χ4v) is 4.08. The summed E-state index contributed by atoms with van der Waals surface area (Å²) in [5.74, 6) is 1.18. The first-order valence-corrected chi connectivity index (χ1v) is 10.7. The number of hydrogen-bond acceptors (Lipinski definition) is 5. The van der Waals surface area contributed by atoms with Gasteiger partial charge in [0.25, 0.3) is 5.56 Å². The monoisotopic (exact) mass is 466 g/mol. The maximum atomic E-state index is 13.0. The lowest BCUT2D eigenvalue weighted by molar-refractivity contribution is -0.144. The van der Waals surface area contributed by atoms with Crippen LogP contribution in [0.4, 0.5) is 13.2 Å². The first kappa shape index (κ1) is 24.1. The Labute approximate surface area is 174 Å². The highest BCUT2D eigenvalue weighted by molar-refractivity contribution is 7.57. The van der Waals surface area contributed by atoms with Gasteiger partial charge in [0.2, 0.25) is 0 Å². The van der Waals surface area contributed by atoms with E-state index in [1.54, 1.807) is 13.8 Å². The van der Waals surface area contributed by atoms with Gasteiger partial charge in [0, 0.05) is 24.0 Å². The van der Waals surface area contributed by atoms with E-state index in [0.717, 1.165) is 7.05 Å². The molecule has 0 aliphatic rings. The molecule has 12 heteroatoms. The highest BCUT2D eigenvalue weighted by Crippen LogP contribution is 2.50. The van der Waals surface area contributed by atoms with Crippen molar-refractivity contribution in [2.75, 3.05) is 13.2 Å². The highest BCUT2D eigenvalue weighted by atomic mass is 35.5. The first-order valence-electron chi connectivity index (χ1n) is 8.71. The minimum Gasteiger partial charge on any atom is -0.306 e. The molecule has 0 aliphatic carbocycles. The van der Waals surface area contributed by atoms with Crippen LogP contribution < -0.4 is 11.2 Å². The van der Waals surface area contributed by atoms with Gasteiger partial charge in [-0.05, 0) is 43.7 Å². The molecule has 2 rings (SSSR count). The molecule has 2 aromatic rings. The van der Waals surface area contributed by atoms with E-state index in [1.807, 2.05) is 0 Å². The molecule has 0 fully saturated rings. The SMILES string of the molecule is CCOP(=O)(C=Cc1cc(-n2c(=O)cc(C(F)(F)F)n(C)c2=O)ccc1Cl)OCC. The maximum Gasteiger partial charge on any atom is 0.431 e. The van der Waals surface area contributed by atoms with Gasteiger partial charge in [-0.3, -0.25) is 13.9 Å². The lowest BCUT2D eigenvalue weighted by Gasteiger charge is -2.15. The lowest BCUT2D eigenvalue weighted by atomic mass is 10.2. The minimum absolute atomic E-state index is 0.0129. The summed E-state index contributed by atoms with van der Waals surface area (Å²) in [5, 5.41) is 0.186. The molecule has 1 aromatic heterocycles. The molecular formula is C18H19ClF3N2O5P. The summed E-state index contributed by atoms with van der Waals surface area (Å²) in [6.07, 6.45) is -3.53. The van der Waals surface area contributed by atoms with Gasteiger partial charge in [0.1, 0.15) is 5.69 Å². The second kappa shape index (κ2) is 9.34. The summed E-state index contributed by atoms with van der Waals surface area (Å²) in [4.78, 5) is 24.7. The van der Waals surface area contributed by atoms with E-state index in [4.69, 9.17) is 20.6 Å². The molecule has 0 bridgehead atoms. The van der Waals surface area contributed by atoms with Crippen LogP contribution in [-0.2, 0) is 26.8 Å². The van der Waals surface area contributed by atoms with Crippen LogP contribution >= 0.6 is 19.2 Å². The van der Waals surface area contributed by atoms with Crippen molar-refractivity contribution in [1.29, 1.82) is 0 Å².